The van der Waals surface area contributed by atoms with E-state index in [1.54, 1.807) is 12.1 Å². The second kappa shape index (κ2) is 7.51. The minimum absolute atomic E-state index is 0.239. The second-order valence-corrected chi connectivity index (χ2v) is 6.34. The lowest BCUT2D eigenvalue weighted by Gasteiger charge is -2.23. The van der Waals surface area contributed by atoms with Crippen molar-refractivity contribution in [2.75, 3.05) is 0 Å². The van der Waals surface area contributed by atoms with E-state index in [2.05, 4.69) is 5.32 Å². The van der Waals surface area contributed by atoms with E-state index >= 15 is 0 Å². The highest BCUT2D eigenvalue weighted by Gasteiger charge is 2.23. The highest BCUT2D eigenvalue weighted by molar-refractivity contribution is 6.48. The van der Waals surface area contributed by atoms with Crippen LogP contribution in [0.2, 0.25) is 15.1 Å². The van der Waals surface area contributed by atoms with Crippen LogP contribution < -0.4 is 5.32 Å². The predicted octanol–water partition coefficient (Wildman–Crippen LogP) is 4.80. The normalized spacial score (nSPS) is 14.3. The molecule has 1 aromatic carbocycles. The Labute approximate surface area is 134 Å². The molecule has 0 saturated heterocycles. The third kappa shape index (κ3) is 4.52. The molecule has 0 aliphatic rings. The smallest absolute Gasteiger partial charge is 0.320 e. The molecular formula is C14H18Cl3NO2. The van der Waals surface area contributed by atoms with Gasteiger partial charge in [-0.05, 0) is 30.9 Å². The summed E-state index contributed by atoms with van der Waals surface area (Å²) in [5, 5.41) is 13.3. The predicted molar refractivity (Wildman–Crippen MR) is 83.9 cm³/mol. The Morgan fingerprint density at radius 1 is 1.20 bits per heavy atom. The molecule has 20 heavy (non-hydrogen) atoms. The van der Waals surface area contributed by atoms with Gasteiger partial charge in [-0.2, -0.15) is 0 Å². The van der Waals surface area contributed by atoms with E-state index in [1.165, 1.54) is 0 Å². The summed E-state index contributed by atoms with van der Waals surface area (Å²) in [6.07, 6.45) is 0.540. The van der Waals surface area contributed by atoms with Crippen LogP contribution in [0, 0.1) is 5.92 Å². The van der Waals surface area contributed by atoms with Crippen LogP contribution >= 0.6 is 34.8 Å². The molecule has 0 fully saturated rings. The molecule has 0 aliphatic carbocycles. The van der Waals surface area contributed by atoms with Crippen molar-refractivity contribution < 1.29 is 9.90 Å². The Morgan fingerprint density at radius 2 is 1.80 bits per heavy atom. The lowest BCUT2D eigenvalue weighted by Crippen LogP contribution is -2.39. The summed E-state index contributed by atoms with van der Waals surface area (Å²) in [5.74, 6) is -0.596. The molecular weight excluding hydrogens is 321 g/mol. The number of hydrogen-bond donors (Lipinski definition) is 2. The van der Waals surface area contributed by atoms with E-state index in [4.69, 9.17) is 34.8 Å². The van der Waals surface area contributed by atoms with Crippen molar-refractivity contribution in [3.8, 4) is 0 Å². The minimum Gasteiger partial charge on any atom is -0.480 e. The lowest BCUT2D eigenvalue weighted by atomic mass is 10.0. The van der Waals surface area contributed by atoms with Gasteiger partial charge < -0.3 is 5.11 Å². The topological polar surface area (TPSA) is 49.3 Å². The third-order valence-electron chi connectivity index (χ3n) is 2.99. The van der Waals surface area contributed by atoms with Gasteiger partial charge in [0.2, 0.25) is 0 Å². The molecule has 2 unspecified atom stereocenters. The zero-order chi connectivity index (χ0) is 15.4. The minimum atomic E-state index is -0.873. The molecule has 1 aromatic rings. The van der Waals surface area contributed by atoms with E-state index in [1.807, 2.05) is 20.8 Å². The molecule has 0 aromatic heterocycles. The maximum atomic E-state index is 11.3. The highest BCUT2D eigenvalue weighted by Crippen LogP contribution is 2.35. The van der Waals surface area contributed by atoms with Crippen LogP contribution in [0.1, 0.15) is 38.8 Å². The van der Waals surface area contributed by atoms with Crippen LogP contribution in [-0.2, 0) is 4.79 Å². The molecule has 1 rings (SSSR count). The number of carboxylic acid groups (broad SMARTS) is 1. The van der Waals surface area contributed by atoms with Crippen LogP contribution in [0.3, 0.4) is 0 Å². The number of carbonyl (C=O) groups is 1. The number of aliphatic carboxylic acids is 1. The van der Waals surface area contributed by atoms with E-state index in [0.717, 1.165) is 5.56 Å². The van der Waals surface area contributed by atoms with E-state index in [0.29, 0.717) is 16.5 Å². The average molecular weight is 339 g/mol. The summed E-state index contributed by atoms with van der Waals surface area (Å²) in [6.45, 7) is 5.81. The van der Waals surface area contributed by atoms with Crippen molar-refractivity contribution >= 4 is 40.8 Å². The Balaban J connectivity index is 2.92. The Morgan fingerprint density at radius 3 is 2.30 bits per heavy atom. The Hall–Kier alpha value is -0.480. The van der Waals surface area contributed by atoms with Gasteiger partial charge in [0, 0.05) is 6.04 Å². The second-order valence-electron chi connectivity index (χ2n) is 5.17. The van der Waals surface area contributed by atoms with Crippen LogP contribution in [0.4, 0.5) is 0 Å². The van der Waals surface area contributed by atoms with Gasteiger partial charge in [0.05, 0.1) is 15.1 Å². The quantitative estimate of drug-likeness (QED) is 0.733. The van der Waals surface area contributed by atoms with E-state index in [9.17, 15) is 9.90 Å². The zero-order valence-electron chi connectivity index (χ0n) is 11.6. The lowest BCUT2D eigenvalue weighted by molar-refractivity contribution is -0.140. The summed E-state index contributed by atoms with van der Waals surface area (Å²) in [4.78, 5) is 11.3. The summed E-state index contributed by atoms with van der Waals surface area (Å²) in [6, 6.07) is 2.54. The average Bonchev–Trinajstić information content (AvgIpc) is 2.34. The maximum Gasteiger partial charge on any atom is 0.320 e. The number of hydrogen-bond acceptors (Lipinski definition) is 2. The van der Waals surface area contributed by atoms with Crippen molar-refractivity contribution in [1.29, 1.82) is 0 Å². The standard InChI is InChI=1S/C14H18Cl3NO2/c1-7(2)6-11(14(19)20)18-8(3)9-4-5-10(15)13(17)12(9)16/h4-5,7-8,11,18H,6H2,1-3H3,(H,19,20). The number of benzene rings is 1. The molecule has 2 atom stereocenters. The van der Waals surface area contributed by atoms with Gasteiger partial charge in [-0.3, -0.25) is 10.1 Å². The zero-order valence-corrected chi connectivity index (χ0v) is 13.9. The van der Waals surface area contributed by atoms with Crippen LogP contribution in [0.25, 0.3) is 0 Å². The van der Waals surface area contributed by atoms with E-state index in [-0.39, 0.29) is 17.0 Å². The Bertz CT molecular complexity index is 492. The van der Waals surface area contributed by atoms with Crippen molar-refractivity contribution in [3.63, 3.8) is 0 Å². The fourth-order valence-electron chi connectivity index (χ4n) is 1.98. The summed E-state index contributed by atoms with van der Waals surface area (Å²) in [7, 11) is 0. The van der Waals surface area contributed by atoms with Gasteiger partial charge in [0.1, 0.15) is 6.04 Å². The van der Waals surface area contributed by atoms with Gasteiger partial charge >= 0.3 is 5.97 Å². The van der Waals surface area contributed by atoms with Crippen LogP contribution in [0.5, 0.6) is 0 Å². The summed E-state index contributed by atoms with van der Waals surface area (Å²) < 4.78 is 0. The van der Waals surface area contributed by atoms with Gasteiger partial charge in [-0.15, -0.1) is 0 Å². The number of nitrogens with one attached hydrogen (secondary N) is 1. The molecule has 3 nitrogen and oxygen atoms in total. The van der Waals surface area contributed by atoms with E-state index < -0.39 is 12.0 Å². The molecule has 6 heteroatoms. The molecule has 0 bridgehead atoms. The highest BCUT2D eigenvalue weighted by atomic mass is 35.5. The maximum absolute atomic E-state index is 11.3. The monoisotopic (exact) mass is 337 g/mol. The number of carboxylic acids is 1. The number of halogens is 3. The fourth-order valence-corrected chi connectivity index (χ4v) is 2.68. The summed E-state index contributed by atoms with van der Waals surface area (Å²) >= 11 is 18.0. The first kappa shape index (κ1) is 17.6. The van der Waals surface area contributed by atoms with Crippen molar-refractivity contribution in [2.45, 2.75) is 39.3 Å². The van der Waals surface area contributed by atoms with Gasteiger partial charge in [-0.1, -0.05) is 54.7 Å². The molecule has 0 radical (unpaired) electrons. The molecule has 2 N–H and O–H groups in total. The first-order valence-electron chi connectivity index (χ1n) is 6.36. The fraction of sp³-hybridized carbons (Fsp3) is 0.500. The summed E-state index contributed by atoms with van der Waals surface area (Å²) in [5.41, 5.74) is 0.732. The molecule has 0 heterocycles. The largest absolute Gasteiger partial charge is 0.480 e. The van der Waals surface area contributed by atoms with Crippen LogP contribution in [0.15, 0.2) is 12.1 Å². The molecule has 112 valence electrons. The number of rotatable bonds is 6. The first-order chi connectivity index (χ1) is 9.23. The third-order valence-corrected chi connectivity index (χ3v) is 4.30. The first-order valence-corrected chi connectivity index (χ1v) is 7.49. The van der Waals surface area contributed by atoms with Crippen molar-refractivity contribution in [2.24, 2.45) is 5.92 Å². The van der Waals surface area contributed by atoms with Crippen LogP contribution in [-0.4, -0.2) is 17.1 Å². The molecule has 0 amide bonds. The van der Waals surface area contributed by atoms with Gasteiger partial charge in [0.15, 0.2) is 0 Å². The SMILES string of the molecule is CC(C)CC(NC(C)c1ccc(Cl)c(Cl)c1Cl)C(=O)O. The van der Waals surface area contributed by atoms with Gasteiger partial charge in [-0.25, -0.2) is 0 Å². The van der Waals surface area contributed by atoms with Gasteiger partial charge in [0.25, 0.3) is 0 Å². The molecule has 0 spiro atoms. The molecule has 0 aliphatic heterocycles. The Kier molecular flexibility index (Phi) is 6.59. The van der Waals surface area contributed by atoms with Crippen molar-refractivity contribution in [3.05, 3.63) is 32.8 Å². The van der Waals surface area contributed by atoms with Crippen molar-refractivity contribution in [1.82, 2.24) is 5.32 Å². The molecule has 0 saturated carbocycles.